The fourth-order valence-corrected chi connectivity index (χ4v) is 1.90. The molecule has 1 aromatic carbocycles. The van der Waals surface area contributed by atoms with Crippen LogP contribution in [0, 0.1) is 0 Å². The summed E-state index contributed by atoms with van der Waals surface area (Å²) in [5, 5.41) is 0. The minimum Gasteiger partial charge on any atom is -0.495 e. The largest absolute Gasteiger partial charge is 0.495 e. The van der Waals surface area contributed by atoms with Crippen LogP contribution in [0.2, 0.25) is 0 Å². The van der Waals surface area contributed by atoms with Crippen molar-refractivity contribution in [3.8, 4) is 5.75 Å². The van der Waals surface area contributed by atoms with Gasteiger partial charge in [0, 0.05) is 24.8 Å². The lowest BCUT2D eigenvalue weighted by molar-refractivity contribution is 0.398. The van der Waals surface area contributed by atoms with E-state index in [1.165, 1.54) is 24.9 Å². The Balaban J connectivity index is 2.20. The Morgan fingerprint density at radius 3 is 2.67 bits per heavy atom. The first kappa shape index (κ1) is 10.1. The molecule has 1 fully saturated rings. The van der Waals surface area contributed by atoms with Gasteiger partial charge in [0.2, 0.25) is 0 Å². The van der Waals surface area contributed by atoms with Gasteiger partial charge in [-0.2, -0.15) is 0 Å². The molecular weight excluding hydrogens is 188 g/mol. The third-order valence-electron chi connectivity index (χ3n) is 3.25. The highest BCUT2D eigenvalue weighted by Gasteiger charge is 2.22. The Morgan fingerprint density at radius 2 is 2.13 bits per heavy atom. The lowest BCUT2D eigenvalue weighted by Crippen LogP contribution is -2.37. The molecule has 0 heterocycles. The molecule has 0 amide bonds. The molecular formula is C12H18N2O. The standard InChI is InChI=1S/C12H18N2O/c1-14(9-4-3-5-9)10-6-7-11(13)12(8-10)15-2/h6-9H,3-5,13H2,1-2H3. The molecule has 3 nitrogen and oxygen atoms in total. The van der Waals surface area contributed by atoms with Gasteiger partial charge in [-0.05, 0) is 31.4 Å². The van der Waals surface area contributed by atoms with Gasteiger partial charge in [0.15, 0.2) is 0 Å². The van der Waals surface area contributed by atoms with Crippen molar-refractivity contribution in [2.24, 2.45) is 0 Å². The Labute approximate surface area is 90.8 Å². The van der Waals surface area contributed by atoms with Gasteiger partial charge in [0.25, 0.3) is 0 Å². The topological polar surface area (TPSA) is 38.5 Å². The summed E-state index contributed by atoms with van der Waals surface area (Å²) in [7, 11) is 3.79. The van der Waals surface area contributed by atoms with E-state index in [-0.39, 0.29) is 0 Å². The van der Waals surface area contributed by atoms with Crippen molar-refractivity contribution in [3.63, 3.8) is 0 Å². The molecule has 0 unspecified atom stereocenters. The van der Waals surface area contributed by atoms with Crippen molar-refractivity contribution in [2.75, 3.05) is 24.8 Å². The first-order chi connectivity index (χ1) is 7.22. The summed E-state index contributed by atoms with van der Waals surface area (Å²) in [6, 6.07) is 6.66. The van der Waals surface area contributed by atoms with Crippen LogP contribution < -0.4 is 15.4 Å². The van der Waals surface area contributed by atoms with Crippen LogP contribution in [0.3, 0.4) is 0 Å². The van der Waals surface area contributed by atoms with E-state index in [2.05, 4.69) is 18.0 Å². The molecule has 0 radical (unpaired) electrons. The van der Waals surface area contributed by atoms with Gasteiger partial charge >= 0.3 is 0 Å². The van der Waals surface area contributed by atoms with Crippen LogP contribution in [0.4, 0.5) is 11.4 Å². The zero-order valence-corrected chi connectivity index (χ0v) is 9.36. The third-order valence-corrected chi connectivity index (χ3v) is 3.25. The van der Waals surface area contributed by atoms with Gasteiger partial charge in [-0.15, -0.1) is 0 Å². The van der Waals surface area contributed by atoms with Gasteiger partial charge in [-0.1, -0.05) is 0 Å². The molecule has 0 spiro atoms. The number of benzene rings is 1. The Bertz CT molecular complexity index is 347. The maximum absolute atomic E-state index is 5.78. The summed E-state index contributed by atoms with van der Waals surface area (Å²) in [5.74, 6) is 0.763. The predicted octanol–water partition coefficient (Wildman–Crippen LogP) is 2.27. The maximum Gasteiger partial charge on any atom is 0.143 e. The number of nitrogen functional groups attached to an aromatic ring is 1. The molecule has 1 aliphatic rings. The zero-order chi connectivity index (χ0) is 10.8. The van der Waals surface area contributed by atoms with Crippen LogP contribution in [0.15, 0.2) is 18.2 Å². The lowest BCUT2D eigenvalue weighted by Gasteiger charge is -2.36. The molecule has 0 saturated heterocycles. The number of nitrogens with zero attached hydrogens (tertiary/aromatic N) is 1. The van der Waals surface area contributed by atoms with E-state index in [0.29, 0.717) is 11.7 Å². The van der Waals surface area contributed by atoms with Gasteiger partial charge < -0.3 is 15.4 Å². The number of nitrogens with two attached hydrogens (primary N) is 1. The summed E-state index contributed by atoms with van der Waals surface area (Å²) in [5.41, 5.74) is 7.66. The van der Waals surface area contributed by atoms with Crippen LogP contribution in [0.1, 0.15) is 19.3 Å². The summed E-state index contributed by atoms with van der Waals surface area (Å²) in [6.45, 7) is 0. The second-order valence-corrected chi connectivity index (χ2v) is 4.12. The summed E-state index contributed by atoms with van der Waals surface area (Å²) < 4.78 is 5.22. The monoisotopic (exact) mass is 206 g/mol. The van der Waals surface area contributed by atoms with Crippen molar-refractivity contribution < 1.29 is 4.74 Å². The van der Waals surface area contributed by atoms with Crippen molar-refractivity contribution in [1.29, 1.82) is 0 Å². The van der Waals surface area contributed by atoms with E-state index < -0.39 is 0 Å². The quantitative estimate of drug-likeness (QED) is 0.771. The van der Waals surface area contributed by atoms with Crippen LogP contribution in [-0.2, 0) is 0 Å². The second-order valence-electron chi connectivity index (χ2n) is 4.12. The van der Waals surface area contributed by atoms with Crippen molar-refractivity contribution in [1.82, 2.24) is 0 Å². The normalized spacial score (nSPS) is 15.9. The van der Waals surface area contributed by atoms with E-state index >= 15 is 0 Å². The second kappa shape index (κ2) is 4.01. The van der Waals surface area contributed by atoms with Gasteiger partial charge in [0.1, 0.15) is 5.75 Å². The van der Waals surface area contributed by atoms with Gasteiger partial charge in [-0.25, -0.2) is 0 Å². The van der Waals surface area contributed by atoms with Crippen molar-refractivity contribution >= 4 is 11.4 Å². The van der Waals surface area contributed by atoms with Gasteiger partial charge in [0.05, 0.1) is 12.8 Å². The fourth-order valence-electron chi connectivity index (χ4n) is 1.90. The summed E-state index contributed by atoms with van der Waals surface area (Å²) in [4.78, 5) is 2.31. The van der Waals surface area contributed by atoms with E-state index in [1.807, 2.05) is 12.1 Å². The van der Waals surface area contributed by atoms with Crippen molar-refractivity contribution in [3.05, 3.63) is 18.2 Å². The summed E-state index contributed by atoms with van der Waals surface area (Å²) in [6.07, 6.45) is 3.94. The first-order valence-corrected chi connectivity index (χ1v) is 5.38. The molecule has 0 aliphatic heterocycles. The highest BCUT2D eigenvalue weighted by molar-refractivity contribution is 5.62. The van der Waals surface area contributed by atoms with E-state index in [4.69, 9.17) is 10.5 Å². The lowest BCUT2D eigenvalue weighted by atomic mass is 9.91. The van der Waals surface area contributed by atoms with Crippen LogP contribution in [0.25, 0.3) is 0 Å². The molecule has 0 atom stereocenters. The molecule has 1 aromatic rings. The minimum atomic E-state index is 0.693. The molecule has 2 N–H and O–H groups in total. The van der Waals surface area contributed by atoms with Crippen molar-refractivity contribution in [2.45, 2.75) is 25.3 Å². The Morgan fingerprint density at radius 1 is 1.40 bits per heavy atom. The molecule has 2 rings (SSSR count). The average molecular weight is 206 g/mol. The van der Waals surface area contributed by atoms with Crippen LogP contribution in [-0.4, -0.2) is 20.2 Å². The number of ether oxygens (including phenoxy) is 1. The number of rotatable bonds is 3. The molecule has 1 aliphatic carbocycles. The zero-order valence-electron chi connectivity index (χ0n) is 9.36. The molecule has 15 heavy (non-hydrogen) atoms. The number of anilines is 2. The average Bonchev–Trinajstić information content (AvgIpc) is 2.15. The molecule has 0 aromatic heterocycles. The predicted molar refractivity (Wildman–Crippen MR) is 63.4 cm³/mol. The molecule has 3 heteroatoms. The summed E-state index contributed by atoms with van der Waals surface area (Å²) >= 11 is 0. The number of hydrogen-bond donors (Lipinski definition) is 1. The van der Waals surface area contributed by atoms with E-state index in [9.17, 15) is 0 Å². The van der Waals surface area contributed by atoms with Crippen LogP contribution >= 0.6 is 0 Å². The van der Waals surface area contributed by atoms with E-state index in [1.54, 1.807) is 7.11 Å². The highest BCUT2D eigenvalue weighted by atomic mass is 16.5. The maximum atomic E-state index is 5.78. The fraction of sp³-hybridized carbons (Fsp3) is 0.500. The number of hydrogen-bond acceptors (Lipinski definition) is 3. The Hall–Kier alpha value is -1.38. The highest BCUT2D eigenvalue weighted by Crippen LogP contribution is 2.32. The number of methoxy groups -OCH3 is 1. The SMILES string of the molecule is COc1cc(N(C)C2CCC2)ccc1N. The first-order valence-electron chi connectivity index (χ1n) is 5.38. The van der Waals surface area contributed by atoms with E-state index in [0.717, 1.165) is 5.75 Å². The third kappa shape index (κ3) is 1.87. The van der Waals surface area contributed by atoms with Crippen LogP contribution in [0.5, 0.6) is 5.75 Å². The molecule has 1 saturated carbocycles. The molecule has 0 bridgehead atoms. The smallest absolute Gasteiger partial charge is 0.143 e. The van der Waals surface area contributed by atoms with Gasteiger partial charge in [-0.3, -0.25) is 0 Å². The Kier molecular flexibility index (Phi) is 2.71. The molecule has 82 valence electrons. The minimum absolute atomic E-state index is 0.693.